The molecule has 1 N–H and O–H groups in total. The van der Waals surface area contributed by atoms with Crippen molar-refractivity contribution >= 4 is 5.91 Å². The molecule has 4 heterocycles. The number of alkyl halides is 3. The molecule has 1 saturated carbocycles. The molecule has 1 amide bonds. The van der Waals surface area contributed by atoms with E-state index in [1.807, 2.05) is 16.8 Å². The van der Waals surface area contributed by atoms with Gasteiger partial charge in [0, 0.05) is 47.7 Å². The SMILES string of the molecule is O=C(N[C@@H]1CCCn2nc(-c3ccnc(C4CC4)c3)cc21)c1ccnc(OC(F)(F)F)c1. The first-order valence-corrected chi connectivity index (χ1v) is 10.4. The Balaban J connectivity index is 1.35. The summed E-state index contributed by atoms with van der Waals surface area (Å²) in [7, 11) is 0. The summed E-state index contributed by atoms with van der Waals surface area (Å²) in [5.41, 5.74) is 3.78. The highest BCUT2D eigenvalue weighted by molar-refractivity contribution is 5.94. The van der Waals surface area contributed by atoms with Crippen molar-refractivity contribution < 1.29 is 22.7 Å². The summed E-state index contributed by atoms with van der Waals surface area (Å²) in [4.78, 5) is 20.7. The van der Waals surface area contributed by atoms with E-state index in [1.165, 1.54) is 6.07 Å². The van der Waals surface area contributed by atoms with Crippen LogP contribution in [-0.2, 0) is 6.54 Å². The zero-order valence-corrected chi connectivity index (χ0v) is 17.0. The molecule has 5 rings (SSSR count). The Kier molecular flexibility index (Phi) is 5.07. The molecule has 1 fully saturated rings. The number of aryl methyl sites for hydroxylation is 1. The number of ether oxygens (including phenoxy) is 1. The minimum atomic E-state index is -4.87. The number of carbonyl (C=O) groups is 1. The van der Waals surface area contributed by atoms with Gasteiger partial charge in [0.2, 0.25) is 5.88 Å². The molecule has 0 unspecified atom stereocenters. The molecule has 3 aromatic heterocycles. The van der Waals surface area contributed by atoms with Crippen LogP contribution in [0.25, 0.3) is 11.3 Å². The van der Waals surface area contributed by atoms with E-state index in [0.29, 0.717) is 12.3 Å². The van der Waals surface area contributed by atoms with E-state index in [9.17, 15) is 18.0 Å². The van der Waals surface area contributed by atoms with Crippen molar-refractivity contribution in [2.45, 2.75) is 50.6 Å². The highest BCUT2D eigenvalue weighted by Crippen LogP contribution is 2.40. The molecular formula is C22H20F3N5O2. The largest absolute Gasteiger partial charge is 0.574 e. The standard InChI is InChI=1S/C22H20F3N5O2/c23-22(24,25)32-20-11-15(6-8-27-20)21(31)28-16-2-1-9-30-19(16)12-18(29-30)14-5-7-26-17(10-14)13-3-4-13/h5-8,10-13,16H,1-4,9H2,(H,28,31)/t16-/m1/s1. The van der Waals surface area contributed by atoms with Crippen LogP contribution in [0.5, 0.6) is 5.88 Å². The van der Waals surface area contributed by atoms with Gasteiger partial charge in [-0.15, -0.1) is 13.2 Å². The lowest BCUT2D eigenvalue weighted by Crippen LogP contribution is -2.32. The number of carbonyl (C=O) groups excluding carboxylic acids is 1. The molecular weight excluding hydrogens is 423 g/mol. The zero-order chi connectivity index (χ0) is 22.3. The number of halogens is 3. The Morgan fingerprint density at radius 1 is 1.09 bits per heavy atom. The van der Waals surface area contributed by atoms with Gasteiger partial charge in [-0.05, 0) is 49.9 Å². The maximum absolute atomic E-state index is 12.7. The number of nitrogens with zero attached hydrogens (tertiary/aromatic N) is 4. The molecule has 2 aliphatic rings. The van der Waals surface area contributed by atoms with E-state index in [-0.39, 0.29) is 11.6 Å². The van der Waals surface area contributed by atoms with Gasteiger partial charge in [-0.1, -0.05) is 0 Å². The van der Waals surface area contributed by atoms with Gasteiger partial charge in [-0.25, -0.2) is 4.98 Å². The molecule has 7 nitrogen and oxygen atoms in total. The van der Waals surface area contributed by atoms with Crippen LogP contribution in [0.2, 0.25) is 0 Å². The topological polar surface area (TPSA) is 81.9 Å². The van der Waals surface area contributed by atoms with Crippen molar-refractivity contribution in [2.24, 2.45) is 0 Å². The normalized spacial score (nSPS) is 18.2. The minimum absolute atomic E-state index is 0.0410. The maximum Gasteiger partial charge on any atom is 0.574 e. The first-order valence-electron chi connectivity index (χ1n) is 10.4. The third-order valence-corrected chi connectivity index (χ3v) is 5.63. The van der Waals surface area contributed by atoms with Gasteiger partial charge >= 0.3 is 6.36 Å². The van der Waals surface area contributed by atoms with Crippen molar-refractivity contribution in [3.63, 3.8) is 0 Å². The highest BCUT2D eigenvalue weighted by atomic mass is 19.4. The van der Waals surface area contributed by atoms with Crippen LogP contribution in [0, 0.1) is 0 Å². The fraction of sp³-hybridized carbons (Fsp3) is 0.364. The van der Waals surface area contributed by atoms with Crippen molar-refractivity contribution in [3.8, 4) is 17.1 Å². The van der Waals surface area contributed by atoms with Gasteiger partial charge < -0.3 is 10.1 Å². The van der Waals surface area contributed by atoms with Crippen LogP contribution in [0.15, 0.2) is 42.7 Å². The second kappa shape index (κ2) is 7.92. The molecule has 0 spiro atoms. The maximum atomic E-state index is 12.7. The summed E-state index contributed by atoms with van der Waals surface area (Å²) in [5, 5.41) is 7.62. The van der Waals surface area contributed by atoms with Crippen LogP contribution in [0.4, 0.5) is 13.2 Å². The number of fused-ring (bicyclic) bond motifs is 1. The van der Waals surface area contributed by atoms with E-state index in [2.05, 4.69) is 26.1 Å². The van der Waals surface area contributed by atoms with Crippen LogP contribution in [-0.4, -0.2) is 32.0 Å². The van der Waals surface area contributed by atoms with Gasteiger partial charge in [-0.2, -0.15) is 5.10 Å². The molecule has 0 bridgehead atoms. The first kappa shape index (κ1) is 20.5. The summed E-state index contributed by atoms with van der Waals surface area (Å²) >= 11 is 0. The fourth-order valence-corrected chi connectivity index (χ4v) is 3.95. The van der Waals surface area contributed by atoms with Gasteiger partial charge in [0.05, 0.1) is 17.4 Å². The number of hydrogen-bond acceptors (Lipinski definition) is 5. The van der Waals surface area contributed by atoms with Crippen LogP contribution in [0.1, 0.15) is 59.4 Å². The monoisotopic (exact) mass is 443 g/mol. The molecule has 0 saturated heterocycles. The number of amides is 1. The second-order valence-corrected chi connectivity index (χ2v) is 8.02. The van der Waals surface area contributed by atoms with Gasteiger partial charge in [0.15, 0.2) is 0 Å². The quantitative estimate of drug-likeness (QED) is 0.633. The first-order chi connectivity index (χ1) is 15.4. The van der Waals surface area contributed by atoms with Crippen LogP contribution < -0.4 is 10.1 Å². The van der Waals surface area contributed by atoms with Gasteiger partial charge in [0.1, 0.15) is 0 Å². The molecule has 1 aliphatic carbocycles. The molecule has 1 atom stereocenters. The molecule has 1 aliphatic heterocycles. The highest BCUT2D eigenvalue weighted by Gasteiger charge is 2.32. The fourth-order valence-electron chi connectivity index (χ4n) is 3.95. The predicted octanol–water partition coefficient (Wildman–Crippen LogP) is 4.38. The number of rotatable bonds is 5. The second-order valence-electron chi connectivity index (χ2n) is 8.02. The summed E-state index contributed by atoms with van der Waals surface area (Å²) in [6, 6.07) is 7.97. The van der Waals surface area contributed by atoms with E-state index in [0.717, 1.165) is 60.7 Å². The van der Waals surface area contributed by atoms with Crippen molar-refractivity contribution in [2.75, 3.05) is 0 Å². The van der Waals surface area contributed by atoms with E-state index >= 15 is 0 Å². The molecule has 0 aromatic carbocycles. The number of hydrogen-bond donors (Lipinski definition) is 1. The van der Waals surface area contributed by atoms with E-state index in [4.69, 9.17) is 5.10 Å². The number of nitrogens with one attached hydrogen (secondary N) is 1. The Morgan fingerprint density at radius 2 is 1.91 bits per heavy atom. The number of aromatic nitrogens is 4. The lowest BCUT2D eigenvalue weighted by Gasteiger charge is -2.24. The van der Waals surface area contributed by atoms with Crippen molar-refractivity contribution in [1.29, 1.82) is 0 Å². The molecule has 10 heteroatoms. The Hall–Kier alpha value is -3.43. The van der Waals surface area contributed by atoms with Crippen LogP contribution >= 0.6 is 0 Å². The summed E-state index contributed by atoms with van der Waals surface area (Å²) in [6.07, 6.45) is 1.88. The van der Waals surface area contributed by atoms with Crippen molar-refractivity contribution in [1.82, 2.24) is 25.1 Å². The molecule has 166 valence electrons. The lowest BCUT2D eigenvalue weighted by molar-refractivity contribution is -0.276. The van der Waals surface area contributed by atoms with E-state index in [1.54, 1.807) is 6.20 Å². The third kappa shape index (κ3) is 4.44. The van der Waals surface area contributed by atoms with Gasteiger partial charge in [0.25, 0.3) is 5.91 Å². The smallest absolute Gasteiger partial charge is 0.388 e. The number of pyridine rings is 2. The van der Waals surface area contributed by atoms with Gasteiger partial charge in [-0.3, -0.25) is 14.5 Å². The molecule has 3 aromatic rings. The average molecular weight is 443 g/mol. The minimum Gasteiger partial charge on any atom is -0.388 e. The molecule has 0 radical (unpaired) electrons. The Morgan fingerprint density at radius 3 is 2.69 bits per heavy atom. The summed E-state index contributed by atoms with van der Waals surface area (Å²) < 4.78 is 43.0. The van der Waals surface area contributed by atoms with E-state index < -0.39 is 18.1 Å². The Bertz CT molecular complexity index is 1160. The van der Waals surface area contributed by atoms with Crippen LogP contribution in [0.3, 0.4) is 0 Å². The predicted molar refractivity (Wildman–Crippen MR) is 108 cm³/mol. The molecule has 32 heavy (non-hydrogen) atoms. The van der Waals surface area contributed by atoms with Crippen molar-refractivity contribution in [3.05, 3.63) is 59.7 Å². The zero-order valence-electron chi connectivity index (χ0n) is 17.0. The summed E-state index contributed by atoms with van der Waals surface area (Å²) in [6.45, 7) is 0.737. The lowest BCUT2D eigenvalue weighted by atomic mass is 10.0. The third-order valence-electron chi connectivity index (χ3n) is 5.63. The average Bonchev–Trinajstić information content (AvgIpc) is 3.51. The Labute approximate surface area is 181 Å². The summed E-state index contributed by atoms with van der Waals surface area (Å²) in [5.74, 6) is -0.642.